The van der Waals surface area contributed by atoms with Gasteiger partial charge in [-0.2, -0.15) is 13.2 Å². The Bertz CT molecular complexity index is 134. The van der Waals surface area contributed by atoms with Gasteiger partial charge in [0.25, 0.3) is 0 Å². The third-order valence-electron chi connectivity index (χ3n) is 1.67. The van der Waals surface area contributed by atoms with E-state index in [9.17, 15) is 13.2 Å². The molecule has 0 bridgehead atoms. The Morgan fingerprint density at radius 1 is 1.17 bits per heavy atom. The van der Waals surface area contributed by atoms with Crippen LogP contribution in [-0.2, 0) is 4.74 Å². The fourth-order valence-corrected chi connectivity index (χ4v) is 0.953. The summed E-state index contributed by atoms with van der Waals surface area (Å²) in [6.45, 7) is 5.19. The molecule has 0 aromatic carbocycles. The molecule has 0 saturated carbocycles. The monoisotopic (exact) mass is 184 g/mol. The molecular weight excluding hydrogens is 169 g/mol. The summed E-state index contributed by atoms with van der Waals surface area (Å²) in [7, 11) is 1.31. The molecule has 0 heterocycles. The van der Waals surface area contributed by atoms with E-state index in [-0.39, 0.29) is 0 Å². The summed E-state index contributed by atoms with van der Waals surface area (Å²) >= 11 is 0. The Labute approximate surface area is 70.9 Å². The summed E-state index contributed by atoms with van der Waals surface area (Å²) in [5, 5.41) is 0. The molecule has 0 saturated heterocycles. The Balaban J connectivity index is 4.20. The first-order chi connectivity index (χ1) is 5.17. The van der Waals surface area contributed by atoms with Crippen LogP contribution in [-0.4, -0.2) is 19.4 Å². The van der Waals surface area contributed by atoms with Crippen LogP contribution < -0.4 is 0 Å². The highest BCUT2D eigenvalue weighted by molar-refractivity contribution is 4.76. The van der Waals surface area contributed by atoms with Gasteiger partial charge in [0.2, 0.25) is 0 Å². The van der Waals surface area contributed by atoms with E-state index in [1.807, 2.05) is 0 Å². The molecule has 1 nitrogen and oxygen atoms in total. The zero-order valence-electron chi connectivity index (χ0n) is 7.83. The number of methoxy groups -OCH3 is 1. The lowest BCUT2D eigenvalue weighted by molar-refractivity contribution is -0.170. The van der Waals surface area contributed by atoms with Gasteiger partial charge in [-0.1, -0.05) is 20.8 Å². The highest BCUT2D eigenvalue weighted by atomic mass is 19.4. The average molecular weight is 184 g/mol. The van der Waals surface area contributed by atoms with Crippen LogP contribution >= 0.6 is 0 Å². The van der Waals surface area contributed by atoms with Gasteiger partial charge >= 0.3 is 6.18 Å². The molecule has 0 aromatic rings. The highest BCUT2D eigenvalue weighted by Crippen LogP contribution is 2.32. The summed E-state index contributed by atoms with van der Waals surface area (Å²) in [6, 6.07) is 0. The predicted octanol–water partition coefficient (Wildman–Crippen LogP) is 3.00. The van der Waals surface area contributed by atoms with Gasteiger partial charge in [0.05, 0.1) is 12.5 Å². The molecular formula is C8H15F3O. The second-order valence-corrected chi connectivity index (χ2v) is 3.91. The molecule has 0 radical (unpaired) electrons. The number of hydrogen-bond acceptors (Lipinski definition) is 1. The van der Waals surface area contributed by atoms with Crippen LogP contribution in [0.1, 0.15) is 27.2 Å². The summed E-state index contributed by atoms with van der Waals surface area (Å²) < 4.78 is 40.6. The Hall–Kier alpha value is -0.250. The normalized spacial score (nSPS) is 16.2. The van der Waals surface area contributed by atoms with Crippen molar-refractivity contribution in [1.82, 2.24) is 0 Å². The lowest BCUT2D eigenvalue weighted by Gasteiger charge is -2.29. The van der Waals surface area contributed by atoms with E-state index in [4.69, 9.17) is 4.74 Å². The first-order valence-electron chi connectivity index (χ1n) is 3.76. The standard InChI is InChI=1S/C8H15F3O/c1-7(2,3)6(12-4)5-8(9,10)11/h6H,5H2,1-4H3. The van der Waals surface area contributed by atoms with Crippen LogP contribution in [0.4, 0.5) is 13.2 Å². The van der Waals surface area contributed by atoms with E-state index in [1.54, 1.807) is 20.8 Å². The fourth-order valence-electron chi connectivity index (χ4n) is 0.953. The molecule has 0 N–H and O–H groups in total. The Morgan fingerprint density at radius 2 is 1.58 bits per heavy atom. The molecule has 0 fully saturated rings. The van der Waals surface area contributed by atoms with E-state index < -0.39 is 24.1 Å². The fraction of sp³-hybridized carbons (Fsp3) is 1.00. The van der Waals surface area contributed by atoms with Crippen LogP contribution in [0.15, 0.2) is 0 Å². The van der Waals surface area contributed by atoms with Crippen molar-refractivity contribution in [2.24, 2.45) is 5.41 Å². The van der Waals surface area contributed by atoms with E-state index in [0.29, 0.717) is 0 Å². The van der Waals surface area contributed by atoms with Crippen molar-refractivity contribution >= 4 is 0 Å². The maximum atomic E-state index is 11.9. The van der Waals surface area contributed by atoms with Gasteiger partial charge < -0.3 is 4.74 Å². The SMILES string of the molecule is COC(CC(F)(F)F)C(C)(C)C. The quantitative estimate of drug-likeness (QED) is 0.641. The summed E-state index contributed by atoms with van der Waals surface area (Å²) in [5.41, 5.74) is -0.468. The number of hydrogen-bond donors (Lipinski definition) is 0. The second kappa shape index (κ2) is 3.64. The minimum Gasteiger partial charge on any atom is -0.381 e. The predicted molar refractivity (Wildman–Crippen MR) is 40.9 cm³/mol. The van der Waals surface area contributed by atoms with Crippen LogP contribution in [0.2, 0.25) is 0 Å². The first-order valence-corrected chi connectivity index (χ1v) is 3.76. The topological polar surface area (TPSA) is 9.23 Å². The molecule has 12 heavy (non-hydrogen) atoms. The minimum absolute atomic E-state index is 0.468. The second-order valence-electron chi connectivity index (χ2n) is 3.91. The number of alkyl halides is 3. The van der Waals surface area contributed by atoms with Gasteiger partial charge in [-0.3, -0.25) is 0 Å². The minimum atomic E-state index is -4.14. The van der Waals surface area contributed by atoms with Gasteiger partial charge in [0.15, 0.2) is 0 Å². The van der Waals surface area contributed by atoms with Gasteiger partial charge in [-0.15, -0.1) is 0 Å². The molecule has 0 spiro atoms. The van der Waals surface area contributed by atoms with Crippen molar-refractivity contribution in [2.75, 3.05) is 7.11 Å². The molecule has 0 aliphatic rings. The summed E-state index contributed by atoms with van der Waals surface area (Å²) in [5.74, 6) is 0. The highest BCUT2D eigenvalue weighted by Gasteiger charge is 2.37. The molecule has 1 unspecified atom stereocenters. The smallest absolute Gasteiger partial charge is 0.381 e. The number of halogens is 3. The van der Waals surface area contributed by atoms with E-state index in [0.717, 1.165) is 0 Å². The largest absolute Gasteiger partial charge is 0.391 e. The van der Waals surface area contributed by atoms with Gasteiger partial charge in [0, 0.05) is 7.11 Å². The van der Waals surface area contributed by atoms with Crippen molar-refractivity contribution in [1.29, 1.82) is 0 Å². The van der Waals surface area contributed by atoms with Crippen molar-refractivity contribution in [2.45, 2.75) is 39.5 Å². The van der Waals surface area contributed by atoms with E-state index in [1.165, 1.54) is 7.11 Å². The summed E-state index contributed by atoms with van der Waals surface area (Å²) in [6.07, 6.45) is -5.79. The van der Waals surface area contributed by atoms with E-state index in [2.05, 4.69) is 0 Å². The van der Waals surface area contributed by atoms with Crippen molar-refractivity contribution in [3.8, 4) is 0 Å². The molecule has 0 aromatic heterocycles. The third kappa shape index (κ3) is 4.59. The third-order valence-corrected chi connectivity index (χ3v) is 1.67. The molecule has 74 valence electrons. The van der Waals surface area contributed by atoms with Gasteiger partial charge in [-0.05, 0) is 5.41 Å². The average Bonchev–Trinajstić information content (AvgIpc) is 1.78. The molecule has 0 aliphatic carbocycles. The molecule has 0 amide bonds. The van der Waals surface area contributed by atoms with Crippen LogP contribution in [0, 0.1) is 5.41 Å². The molecule has 4 heteroatoms. The van der Waals surface area contributed by atoms with Crippen molar-refractivity contribution in [3.05, 3.63) is 0 Å². The maximum absolute atomic E-state index is 11.9. The lowest BCUT2D eigenvalue weighted by atomic mass is 9.87. The first kappa shape index (κ1) is 11.8. The van der Waals surface area contributed by atoms with Crippen LogP contribution in [0.5, 0.6) is 0 Å². The van der Waals surface area contributed by atoms with Crippen LogP contribution in [0.3, 0.4) is 0 Å². The zero-order valence-corrected chi connectivity index (χ0v) is 7.83. The maximum Gasteiger partial charge on any atom is 0.391 e. The van der Waals surface area contributed by atoms with Gasteiger partial charge in [-0.25, -0.2) is 0 Å². The Kier molecular flexibility index (Phi) is 3.57. The lowest BCUT2D eigenvalue weighted by Crippen LogP contribution is -2.33. The number of ether oxygens (including phenoxy) is 1. The molecule has 0 aliphatic heterocycles. The van der Waals surface area contributed by atoms with Crippen molar-refractivity contribution < 1.29 is 17.9 Å². The van der Waals surface area contributed by atoms with E-state index >= 15 is 0 Å². The van der Waals surface area contributed by atoms with Gasteiger partial charge in [0.1, 0.15) is 0 Å². The van der Waals surface area contributed by atoms with Crippen LogP contribution in [0.25, 0.3) is 0 Å². The van der Waals surface area contributed by atoms with Crippen molar-refractivity contribution in [3.63, 3.8) is 0 Å². The molecule has 1 atom stereocenters. The number of rotatable bonds is 2. The summed E-state index contributed by atoms with van der Waals surface area (Å²) in [4.78, 5) is 0. The molecule has 0 rings (SSSR count). The zero-order chi connectivity index (χ0) is 9.99. The Morgan fingerprint density at radius 3 is 1.67 bits per heavy atom.